The van der Waals surface area contributed by atoms with Gasteiger partial charge in [-0.1, -0.05) is 11.1 Å². The number of rotatable bonds is 2. The number of halogens is 1. The Kier molecular flexibility index (Phi) is 7.89. The lowest BCUT2D eigenvalue weighted by atomic mass is 10.7. The average Bonchev–Trinajstić information content (AvgIpc) is 2.03. The van der Waals surface area contributed by atoms with Crippen molar-refractivity contribution in [1.82, 2.24) is 0 Å². The van der Waals surface area contributed by atoms with E-state index in [1.54, 1.807) is 0 Å². The van der Waals surface area contributed by atoms with Crippen molar-refractivity contribution >= 4 is 15.0 Å². The zero-order valence-corrected chi connectivity index (χ0v) is 7.23. The van der Waals surface area contributed by atoms with Crippen LogP contribution in [0.1, 0.15) is 0 Å². The number of methoxy groups -OCH3 is 1. The molecule has 0 spiro atoms. The summed E-state index contributed by atoms with van der Waals surface area (Å²) in [4.78, 5) is 32.3. The van der Waals surface area contributed by atoms with Crippen LogP contribution in [0.15, 0.2) is 12.7 Å². The monoisotopic (exact) mass is 200 g/mol. The highest BCUT2D eigenvalue weighted by Crippen LogP contribution is 1.85. The maximum atomic E-state index is 10.3. The largest absolute Gasteiger partial charge is 0.703 e. The van der Waals surface area contributed by atoms with E-state index in [1.807, 2.05) is 0 Å². The molecule has 0 atom stereocenters. The van der Waals surface area contributed by atoms with Crippen molar-refractivity contribution in [3.8, 4) is 0 Å². The summed E-state index contributed by atoms with van der Waals surface area (Å²) in [5, 5.41) is 0. The van der Waals surface area contributed by atoms with Gasteiger partial charge in [0.15, 0.2) is 0 Å². The lowest BCUT2D eigenvalue weighted by Gasteiger charge is -1.96. The molecular formula is C4H9FO6Si. The molecule has 72 valence electrons. The van der Waals surface area contributed by atoms with Crippen molar-refractivity contribution in [2.24, 2.45) is 0 Å². The summed E-state index contributed by atoms with van der Waals surface area (Å²) < 4.78 is 16.7. The zero-order chi connectivity index (χ0) is 10.2. The molecule has 0 saturated carbocycles. The van der Waals surface area contributed by atoms with E-state index in [0.29, 0.717) is 0 Å². The molecule has 0 aromatic carbocycles. The molecule has 0 aromatic heterocycles. The van der Waals surface area contributed by atoms with Gasteiger partial charge >= 0.3 is 15.0 Å². The summed E-state index contributed by atoms with van der Waals surface area (Å²) in [6.07, 6.45) is 1.11. The summed E-state index contributed by atoms with van der Waals surface area (Å²) in [5.74, 6) is -0.394. The smallest absolute Gasteiger partial charge is 0.466 e. The Morgan fingerprint density at radius 2 is 1.92 bits per heavy atom. The Balaban J connectivity index is 0. The minimum atomic E-state index is -4.80. The molecule has 3 N–H and O–H groups in total. The van der Waals surface area contributed by atoms with Gasteiger partial charge in [0.25, 0.3) is 0 Å². The van der Waals surface area contributed by atoms with Gasteiger partial charge in [-0.25, -0.2) is 4.79 Å². The number of hydrogen-bond donors (Lipinski definition) is 3. The Labute approximate surface area is 68.9 Å². The predicted octanol–water partition coefficient (Wildman–Crippen LogP) is -1.35. The fraction of sp³-hybridized carbons (Fsp3) is 0.250. The van der Waals surface area contributed by atoms with Gasteiger partial charge < -0.3 is 19.1 Å². The van der Waals surface area contributed by atoms with Gasteiger partial charge in [0, 0.05) is 6.08 Å². The maximum Gasteiger partial charge on any atom is 0.703 e. The molecule has 8 heteroatoms. The summed E-state index contributed by atoms with van der Waals surface area (Å²) in [6, 6.07) is 0. The molecule has 6 nitrogen and oxygen atoms in total. The van der Waals surface area contributed by atoms with Gasteiger partial charge in [-0.15, -0.1) is 0 Å². The van der Waals surface area contributed by atoms with Crippen LogP contribution in [-0.2, 0) is 14.2 Å². The van der Waals surface area contributed by atoms with Crippen LogP contribution in [0, 0.1) is 0 Å². The lowest BCUT2D eigenvalue weighted by molar-refractivity contribution is -0.134. The van der Waals surface area contributed by atoms with Gasteiger partial charge in [-0.2, -0.15) is 4.63 Å². The normalized spacial score (nSPS) is 9.42. The molecule has 0 amide bonds. The van der Waals surface area contributed by atoms with Crippen molar-refractivity contribution < 1.29 is 33.1 Å². The molecule has 12 heavy (non-hydrogen) atoms. The Morgan fingerprint density at radius 1 is 1.58 bits per heavy atom. The standard InChI is InChI=1S/C4H6O2.FH3O4Si/c1-3-4(5)6-2;1-5-6(2,3)4/h3H,1H2,2H3;2-4H. The molecule has 0 aliphatic rings. The molecule has 0 aliphatic heterocycles. The minimum absolute atomic E-state index is 0.394. The quantitative estimate of drug-likeness (QED) is 0.289. The van der Waals surface area contributed by atoms with Crippen LogP contribution in [0.4, 0.5) is 4.53 Å². The molecule has 0 rings (SSSR count). The van der Waals surface area contributed by atoms with E-state index in [2.05, 4.69) is 15.9 Å². The SMILES string of the molecule is C=CC(=O)OC.O[Si](O)(O)OF. The molecule has 0 fully saturated rings. The highest BCUT2D eigenvalue weighted by atomic mass is 28.4. The van der Waals surface area contributed by atoms with Gasteiger partial charge in [0.05, 0.1) is 7.11 Å². The van der Waals surface area contributed by atoms with Crippen LogP contribution >= 0.6 is 0 Å². The minimum Gasteiger partial charge on any atom is -0.466 e. The molecular weight excluding hydrogens is 191 g/mol. The molecule has 0 aromatic rings. The Bertz CT molecular complexity index is 143. The van der Waals surface area contributed by atoms with E-state index in [4.69, 9.17) is 14.4 Å². The fourth-order valence-electron chi connectivity index (χ4n) is 0.0833. The van der Waals surface area contributed by atoms with Gasteiger partial charge in [-0.05, 0) is 0 Å². The fourth-order valence-corrected chi connectivity index (χ4v) is 0.0833. The van der Waals surface area contributed by atoms with Crippen LogP contribution in [0.3, 0.4) is 0 Å². The highest BCUT2D eigenvalue weighted by molar-refractivity contribution is 6.48. The molecule has 0 saturated heterocycles. The first-order valence-corrected chi connectivity index (χ1v) is 4.29. The van der Waals surface area contributed by atoms with Crippen molar-refractivity contribution in [1.29, 1.82) is 0 Å². The summed E-state index contributed by atoms with van der Waals surface area (Å²) in [5.41, 5.74) is 0. The first-order valence-electron chi connectivity index (χ1n) is 2.54. The van der Waals surface area contributed by atoms with Crippen LogP contribution in [0.25, 0.3) is 0 Å². The van der Waals surface area contributed by atoms with E-state index >= 15 is 0 Å². The number of carbonyl (C=O) groups is 1. The lowest BCUT2D eigenvalue weighted by Crippen LogP contribution is -2.35. The number of esters is 1. The number of carbonyl (C=O) groups excluding carboxylic acids is 1. The van der Waals surface area contributed by atoms with E-state index < -0.39 is 15.0 Å². The Morgan fingerprint density at radius 3 is 1.92 bits per heavy atom. The molecule has 0 aliphatic carbocycles. The number of hydrogen-bond acceptors (Lipinski definition) is 6. The van der Waals surface area contributed by atoms with Crippen molar-refractivity contribution in [3.63, 3.8) is 0 Å². The van der Waals surface area contributed by atoms with Crippen molar-refractivity contribution in [2.75, 3.05) is 7.11 Å². The highest BCUT2D eigenvalue weighted by Gasteiger charge is 2.31. The van der Waals surface area contributed by atoms with Crippen LogP contribution < -0.4 is 0 Å². The topological polar surface area (TPSA) is 96.2 Å². The van der Waals surface area contributed by atoms with Crippen LogP contribution in [0.5, 0.6) is 0 Å². The average molecular weight is 200 g/mol. The summed E-state index contributed by atoms with van der Waals surface area (Å²) >= 11 is 0. The second kappa shape index (κ2) is 6.88. The van der Waals surface area contributed by atoms with E-state index in [0.717, 1.165) is 6.08 Å². The molecule has 0 unspecified atom stereocenters. The number of ether oxygens (including phenoxy) is 1. The second-order valence-corrected chi connectivity index (χ2v) is 2.68. The van der Waals surface area contributed by atoms with E-state index in [-0.39, 0.29) is 0 Å². The molecule has 0 radical (unpaired) electrons. The van der Waals surface area contributed by atoms with Gasteiger partial charge in [-0.3, -0.25) is 0 Å². The third-order valence-electron chi connectivity index (χ3n) is 0.471. The molecule has 0 bridgehead atoms. The van der Waals surface area contributed by atoms with E-state index in [1.165, 1.54) is 7.11 Å². The Hall–Kier alpha value is -0.803. The van der Waals surface area contributed by atoms with Crippen LogP contribution in [0.2, 0.25) is 0 Å². The van der Waals surface area contributed by atoms with E-state index in [9.17, 15) is 9.32 Å². The second-order valence-electron chi connectivity index (χ2n) is 1.38. The molecule has 0 heterocycles. The maximum absolute atomic E-state index is 10.3. The van der Waals surface area contributed by atoms with Gasteiger partial charge in [0.1, 0.15) is 0 Å². The zero-order valence-electron chi connectivity index (χ0n) is 6.23. The van der Waals surface area contributed by atoms with Gasteiger partial charge in [0.2, 0.25) is 0 Å². The third kappa shape index (κ3) is 16.1. The first kappa shape index (κ1) is 13.8. The first-order chi connectivity index (χ1) is 5.37. The summed E-state index contributed by atoms with van der Waals surface area (Å²) in [6.45, 7) is 3.16. The van der Waals surface area contributed by atoms with Crippen molar-refractivity contribution in [3.05, 3.63) is 12.7 Å². The predicted molar refractivity (Wildman–Crippen MR) is 36.8 cm³/mol. The third-order valence-corrected chi connectivity index (χ3v) is 0.678. The van der Waals surface area contributed by atoms with Crippen molar-refractivity contribution in [2.45, 2.75) is 0 Å². The summed E-state index contributed by atoms with van der Waals surface area (Å²) in [7, 11) is -3.49. The van der Waals surface area contributed by atoms with Crippen LogP contribution in [-0.4, -0.2) is 36.5 Å².